The van der Waals surface area contributed by atoms with Crippen LogP contribution in [-0.4, -0.2) is 45.4 Å². The van der Waals surface area contributed by atoms with Gasteiger partial charge in [0.15, 0.2) is 21.3 Å². The predicted molar refractivity (Wildman–Crippen MR) is 94.6 cm³/mol. The van der Waals surface area contributed by atoms with Crippen LogP contribution in [0.25, 0.3) is 0 Å². The Morgan fingerprint density at radius 2 is 1.84 bits per heavy atom. The van der Waals surface area contributed by atoms with Gasteiger partial charge in [0, 0.05) is 19.0 Å². The number of amides is 1. The number of fused-ring (bicyclic) bond motifs is 1. The number of hydrogen-bond donors (Lipinski definition) is 2. The van der Waals surface area contributed by atoms with E-state index in [0.717, 1.165) is 0 Å². The van der Waals surface area contributed by atoms with Crippen molar-refractivity contribution in [3.05, 3.63) is 18.2 Å². The number of sulfone groups is 1. The summed E-state index contributed by atoms with van der Waals surface area (Å²) >= 11 is 0. The minimum Gasteiger partial charge on any atom is -0.486 e. The van der Waals surface area contributed by atoms with E-state index in [-0.39, 0.29) is 23.0 Å². The molecule has 1 aliphatic heterocycles. The zero-order valence-electron chi connectivity index (χ0n) is 14.7. The number of ether oxygens (including phenoxy) is 2. The van der Waals surface area contributed by atoms with Gasteiger partial charge in [0.05, 0.1) is 16.2 Å². The van der Waals surface area contributed by atoms with Crippen molar-refractivity contribution in [2.24, 2.45) is 5.73 Å². The monoisotopic (exact) mass is 370 g/mol. The fourth-order valence-electron chi connectivity index (χ4n) is 2.69. The molecule has 7 nitrogen and oxygen atoms in total. The summed E-state index contributed by atoms with van der Waals surface area (Å²) < 4.78 is 35.8. The number of carbonyl (C=O) groups excluding carboxylic acids is 1. The van der Waals surface area contributed by atoms with E-state index in [1.165, 1.54) is 12.1 Å². The summed E-state index contributed by atoms with van der Waals surface area (Å²) in [6.45, 7) is 5.04. The van der Waals surface area contributed by atoms with Crippen molar-refractivity contribution in [1.82, 2.24) is 5.32 Å². The van der Waals surface area contributed by atoms with Crippen LogP contribution in [0.3, 0.4) is 0 Å². The summed E-state index contributed by atoms with van der Waals surface area (Å²) in [5, 5.41) is 2.88. The maximum Gasteiger partial charge on any atom is 0.221 e. The van der Waals surface area contributed by atoms with Crippen molar-refractivity contribution in [1.29, 1.82) is 0 Å². The van der Waals surface area contributed by atoms with Gasteiger partial charge in [0.25, 0.3) is 0 Å². The molecule has 0 unspecified atom stereocenters. The Labute approximate surface area is 148 Å². The van der Waals surface area contributed by atoms with E-state index >= 15 is 0 Å². The average Bonchev–Trinajstić information content (AvgIpc) is 2.64. The van der Waals surface area contributed by atoms with Crippen LogP contribution in [-0.2, 0) is 14.6 Å². The van der Waals surface area contributed by atoms with E-state index in [4.69, 9.17) is 15.2 Å². The van der Waals surface area contributed by atoms with Crippen LogP contribution < -0.4 is 20.5 Å². The Morgan fingerprint density at radius 3 is 2.44 bits per heavy atom. The molecule has 1 aromatic rings. The number of rotatable bonds is 8. The van der Waals surface area contributed by atoms with Crippen molar-refractivity contribution >= 4 is 15.7 Å². The highest BCUT2D eigenvalue weighted by atomic mass is 32.2. The molecule has 140 valence electrons. The zero-order valence-corrected chi connectivity index (χ0v) is 15.5. The summed E-state index contributed by atoms with van der Waals surface area (Å²) in [5.41, 5.74) is 5.28. The molecule has 1 amide bonds. The third-order valence-corrected chi connectivity index (χ3v) is 6.33. The summed E-state index contributed by atoms with van der Waals surface area (Å²) in [7, 11) is -3.59. The molecule has 3 N–H and O–H groups in total. The van der Waals surface area contributed by atoms with E-state index in [1.807, 2.05) is 13.8 Å². The van der Waals surface area contributed by atoms with Gasteiger partial charge in [-0.3, -0.25) is 4.79 Å². The zero-order chi connectivity index (χ0) is 18.5. The molecule has 2 rings (SSSR count). The van der Waals surface area contributed by atoms with Gasteiger partial charge in [0.2, 0.25) is 5.91 Å². The lowest BCUT2D eigenvalue weighted by molar-refractivity contribution is -0.122. The lowest BCUT2D eigenvalue weighted by atomic mass is 9.93. The molecule has 1 heterocycles. The van der Waals surface area contributed by atoms with Crippen molar-refractivity contribution in [3.8, 4) is 11.5 Å². The SMILES string of the molecule is CCC(CC)(CN)NC(=O)CCS(=O)(=O)c1ccc2c(c1)OCCO2. The summed E-state index contributed by atoms with van der Waals surface area (Å²) in [5.74, 6) is 0.361. The molecule has 25 heavy (non-hydrogen) atoms. The molecule has 0 spiro atoms. The van der Waals surface area contributed by atoms with Gasteiger partial charge in [-0.15, -0.1) is 0 Å². The van der Waals surface area contributed by atoms with Crippen molar-refractivity contribution in [3.63, 3.8) is 0 Å². The second-order valence-corrected chi connectivity index (χ2v) is 8.22. The quantitative estimate of drug-likeness (QED) is 0.713. The van der Waals surface area contributed by atoms with Crippen LogP contribution in [0, 0.1) is 0 Å². The molecule has 0 aromatic heterocycles. The number of nitrogens with one attached hydrogen (secondary N) is 1. The first-order valence-corrected chi connectivity index (χ1v) is 10.1. The van der Waals surface area contributed by atoms with E-state index in [9.17, 15) is 13.2 Å². The van der Waals surface area contributed by atoms with Gasteiger partial charge in [0.1, 0.15) is 13.2 Å². The molecular formula is C17H26N2O5S. The van der Waals surface area contributed by atoms with Gasteiger partial charge in [-0.05, 0) is 25.0 Å². The third kappa shape index (κ3) is 4.64. The molecule has 0 aliphatic carbocycles. The maximum absolute atomic E-state index is 12.5. The Bertz CT molecular complexity index is 705. The lowest BCUT2D eigenvalue weighted by Crippen LogP contribution is -2.53. The normalized spacial score (nSPS) is 14.2. The second kappa shape index (κ2) is 8.05. The van der Waals surface area contributed by atoms with Crippen molar-refractivity contribution in [2.75, 3.05) is 25.5 Å². The number of benzene rings is 1. The summed E-state index contributed by atoms with van der Waals surface area (Å²) in [6, 6.07) is 4.50. The standard InChI is InChI=1S/C17H26N2O5S/c1-3-17(4-2,12-18)19-16(20)7-10-25(21,22)13-5-6-14-15(11-13)24-9-8-23-14/h5-6,11H,3-4,7-10,12,18H2,1-2H3,(H,19,20). The van der Waals surface area contributed by atoms with Gasteiger partial charge in [-0.2, -0.15) is 0 Å². The molecule has 0 fully saturated rings. The molecule has 1 aromatic carbocycles. The van der Waals surface area contributed by atoms with Gasteiger partial charge >= 0.3 is 0 Å². The first-order valence-electron chi connectivity index (χ1n) is 8.49. The third-order valence-electron chi connectivity index (χ3n) is 4.62. The fourth-order valence-corrected chi connectivity index (χ4v) is 3.94. The van der Waals surface area contributed by atoms with Crippen LogP contribution >= 0.6 is 0 Å². The van der Waals surface area contributed by atoms with E-state index < -0.39 is 15.4 Å². The molecule has 8 heteroatoms. The van der Waals surface area contributed by atoms with Gasteiger partial charge < -0.3 is 20.5 Å². The largest absolute Gasteiger partial charge is 0.486 e. The minimum absolute atomic E-state index is 0.113. The maximum atomic E-state index is 12.5. The molecule has 0 saturated carbocycles. The van der Waals surface area contributed by atoms with Gasteiger partial charge in [-0.1, -0.05) is 13.8 Å². The Kier molecular flexibility index (Phi) is 6.29. The highest BCUT2D eigenvalue weighted by Crippen LogP contribution is 2.32. The number of nitrogens with two attached hydrogens (primary N) is 1. The summed E-state index contributed by atoms with van der Waals surface area (Å²) in [6.07, 6.45) is 1.28. The molecule has 0 atom stereocenters. The van der Waals surface area contributed by atoms with Crippen molar-refractivity contribution in [2.45, 2.75) is 43.5 Å². The molecule has 0 radical (unpaired) electrons. The van der Waals surface area contributed by atoms with E-state index in [2.05, 4.69) is 5.32 Å². The van der Waals surface area contributed by atoms with Crippen LogP contribution in [0.15, 0.2) is 23.1 Å². The van der Waals surface area contributed by atoms with Crippen LogP contribution in [0.4, 0.5) is 0 Å². The first kappa shape index (κ1) is 19.5. The smallest absolute Gasteiger partial charge is 0.221 e. The van der Waals surface area contributed by atoms with E-state index in [1.54, 1.807) is 6.07 Å². The van der Waals surface area contributed by atoms with Crippen LogP contribution in [0.2, 0.25) is 0 Å². The number of hydrogen-bond acceptors (Lipinski definition) is 6. The minimum atomic E-state index is -3.59. The van der Waals surface area contributed by atoms with Gasteiger partial charge in [-0.25, -0.2) is 8.42 Å². The Balaban J connectivity index is 2.03. The highest BCUT2D eigenvalue weighted by Gasteiger charge is 2.27. The van der Waals surface area contributed by atoms with Crippen LogP contribution in [0.1, 0.15) is 33.1 Å². The molecule has 1 aliphatic rings. The highest BCUT2D eigenvalue weighted by molar-refractivity contribution is 7.91. The summed E-state index contributed by atoms with van der Waals surface area (Å²) in [4.78, 5) is 12.3. The molecule has 0 bridgehead atoms. The average molecular weight is 370 g/mol. The van der Waals surface area contributed by atoms with Crippen LogP contribution in [0.5, 0.6) is 11.5 Å². The second-order valence-electron chi connectivity index (χ2n) is 6.11. The van der Waals surface area contributed by atoms with E-state index in [0.29, 0.717) is 44.1 Å². The Morgan fingerprint density at radius 1 is 1.20 bits per heavy atom. The molecular weight excluding hydrogens is 344 g/mol. The van der Waals surface area contributed by atoms with Crippen molar-refractivity contribution < 1.29 is 22.7 Å². The lowest BCUT2D eigenvalue weighted by Gasteiger charge is -2.31. The molecule has 0 saturated heterocycles. The Hall–Kier alpha value is -1.80. The fraction of sp³-hybridized carbons (Fsp3) is 0.588. The topological polar surface area (TPSA) is 108 Å². The first-order chi connectivity index (χ1) is 11.9. The number of carbonyl (C=O) groups is 1. The predicted octanol–water partition coefficient (Wildman–Crippen LogP) is 1.26.